The number of rotatable bonds is 8. The van der Waals surface area contributed by atoms with Crippen molar-refractivity contribution >= 4 is 5.78 Å². The Bertz CT molecular complexity index is 298. The molecular weight excluding hydrogens is 200 g/mol. The fourth-order valence-corrected chi connectivity index (χ4v) is 1.65. The van der Waals surface area contributed by atoms with Gasteiger partial charge in [-0.25, -0.2) is 9.97 Å². The van der Waals surface area contributed by atoms with Crippen LogP contribution in [0.2, 0.25) is 0 Å². The summed E-state index contributed by atoms with van der Waals surface area (Å²) < 4.78 is 0. The van der Waals surface area contributed by atoms with E-state index < -0.39 is 0 Å². The van der Waals surface area contributed by atoms with Crippen molar-refractivity contribution in [2.75, 3.05) is 0 Å². The lowest BCUT2D eigenvalue weighted by molar-refractivity contribution is 0.0974. The summed E-state index contributed by atoms with van der Waals surface area (Å²) in [6.45, 7) is 2.21. The van der Waals surface area contributed by atoms with Gasteiger partial charge in [0.05, 0.1) is 0 Å². The summed E-state index contributed by atoms with van der Waals surface area (Å²) in [4.78, 5) is 19.4. The zero-order valence-electron chi connectivity index (χ0n) is 9.98. The number of Topliss-reactive ketones (excluding diaryl/α,β-unsaturated/α-hetero) is 1. The minimum Gasteiger partial charge on any atom is -0.292 e. The highest BCUT2D eigenvalue weighted by atomic mass is 16.1. The molecule has 0 bridgehead atoms. The van der Waals surface area contributed by atoms with Crippen LogP contribution in [0.1, 0.15) is 62.4 Å². The summed E-state index contributed by atoms with van der Waals surface area (Å²) in [7, 11) is 0. The Balaban J connectivity index is 2.12. The summed E-state index contributed by atoms with van der Waals surface area (Å²) in [5, 5.41) is 0. The third-order valence-electron chi connectivity index (χ3n) is 2.63. The molecule has 1 aromatic heterocycles. The number of unbranched alkanes of at least 4 members (excludes halogenated alkanes) is 5. The molecule has 1 heterocycles. The maximum absolute atomic E-state index is 11.6. The molecule has 1 aromatic rings. The zero-order valence-corrected chi connectivity index (χ0v) is 9.98. The first kappa shape index (κ1) is 12.8. The molecule has 0 aliphatic rings. The molecule has 0 amide bonds. The molecule has 0 aromatic carbocycles. The molecule has 0 atom stereocenters. The average molecular weight is 220 g/mol. The zero-order chi connectivity index (χ0) is 11.6. The van der Waals surface area contributed by atoms with Gasteiger partial charge in [0.15, 0.2) is 5.78 Å². The number of aromatic nitrogens is 2. The van der Waals surface area contributed by atoms with Crippen molar-refractivity contribution in [3.63, 3.8) is 0 Å². The number of nitrogens with zero attached hydrogens (tertiary/aromatic N) is 2. The normalized spacial score (nSPS) is 10.3. The maximum atomic E-state index is 11.6. The van der Waals surface area contributed by atoms with Crippen LogP contribution in [-0.2, 0) is 0 Å². The molecule has 0 saturated heterocycles. The molecule has 0 fully saturated rings. The van der Waals surface area contributed by atoms with Gasteiger partial charge in [-0.2, -0.15) is 0 Å². The predicted octanol–water partition coefficient (Wildman–Crippen LogP) is 3.41. The molecule has 1 rings (SSSR count). The Labute approximate surface area is 97.3 Å². The second-order valence-electron chi connectivity index (χ2n) is 4.04. The topological polar surface area (TPSA) is 42.9 Å². The SMILES string of the molecule is CCCCCCCCC(=O)c1ccncn1. The fourth-order valence-electron chi connectivity index (χ4n) is 1.65. The number of carbonyl (C=O) groups is 1. The summed E-state index contributed by atoms with van der Waals surface area (Å²) in [6, 6.07) is 1.68. The lowest BCUT2D eigenvalue weighted by Gasteiger charge is -2.00. The van der Waals surface area contributed by atoms with Crippen molar-refractivity contribution in [2.24, 2.45) is 0 Å². The van der Waals surface area contributed by atoms with Gasteiger partial charge in [-0.3, -0.25) is 4.79 Å². The van der Waals surface area contributed by atoms with Crippen LogP contribution in [-0.4, -0.2) is 15.8 Å². The first-order valence-electron chi connectivity index (χ1n) is 6.13. The number of hydrogen-bond donors (Lipinski definition) is 0. The van der Waals surface area contributed by atoms with Gasteiger partial charge < -0.3 is 0 Å². The van der Waals surface area contributed by atoms with E-state index >= 15 is 0 Å². The highest BCUT2D eigenvalue weighted by Gasteiger charge is 2.05. The predicted molar refractivity (Wildman–Crippen MR) is 64.4 cm³/mol. The van der Waals surface area contributed by atoms with E-state index in [9.17, 15) is 4.79 Å². The average Bonchev–Trinajstić information content (AvgIpc) is 2.34. The van der Waals surface area contributed by atoms with Crippen LogP contribution in [0.5, 0.6) is 0 Å². The summed E-state index contributed by atoms with van der Waals surface area (Å²) >= 11 is 0. The van der Waals surface area contributed by atoms with Crippen molar-refractivity contribution in [2.45, 2.75) is 51.9 Å². The van der Waals surface area contributed by atoms with Crippen LogP contribution in [0.15, 0.2) is 18.6 Å². The van der Waals surface area contributed by atoms with E-state index in [4.69, 9.17) is 0 Å². The molecular formula is C13H20N2O. The first-order chi connectivity index (χ1) is 7.84. The van der Waals surface area contributed by atoms with Crippen LogP contribution in [0, 0.1) is 0 Å². The molecule has 0 unspecified atom stereocenters. The van der Waals surface area contributed by atoms with E-state index in [1.165, 1.54) is 32.0 Å². The Kier molecular flexibility index (Phi) is 6.38. The number of ketones is 1. The molecule has 16 heavy (non-hydrogen) atoms. The first-order valence-corrected chi connectivity index (χ1v) is 6.13. The monoisotopic (exact) mass is 220 g/mol. The van der Waals surface area contributed by atoms with Crippen molar-refractivity contribution < 1.29 is 4.79 Å². The fraction of sp³-hybridized carbons (Fsp3) is 0.615. The van der Waals surface area contributed by atoms with E-state index in [1.54, 1.807) is 12.3 Å². The molecule has 0 aliphatic heterocycles. The summed E-state index contributed by atoms with van der Waals surface area (Å²) in [6.07, 6.45) is 10.9. The molecule has 0 radical (unpaired) electrons. The number of carbonyl (C=O) groups excluding carboxylic acids is 1. The smallest absolute Gasteiger partial charge is 0.181 e. The second kappa shape index (κ2) is 7.97. The van der Waals surface area contributed by atoms with Crippen LogP contribution in [0.3, 0.4) is 0 Å². The lowest BCUT2D eigenvalue weighted by atomic mass is 10.1. The molecule has 0 N–H and O–H groups in total. The van der Waals surface area contributed by atoms with Crippen molar-refractivity contribution in [1.29, 1.82) is 0 Å². The van der Waals surface area contributed by atoms with Gasteiger partial charge in [0, 0.05) is 12.6 Å². The minimum absolute atomic E-state index is 0.137. The second-order valence-corrected chi connectivity index (χ2v) is 4.04. The Morgan fingerprint density at radius 1 is 1.19 bits per heavy atom. The lowest BCUT2D eigenvalue weighted by Crippen LogP contribution is -2.01. The van der Waals surface area contributed by atoms with E-state index in [0.717, 1.165) is 12.8 Å². The summed E-state index contributed by atoms with van der Waals surface area (Å²) in [5.41, 5.74) is 0.545. The molecule has 3 heteroatoms. The van der Waals surface area contributed by atoms with E-state index in [2.05, 4.69) is 16.9 Å². The summed E-state index contributed by atoms with van der Waals surface area (Å²) in [5.74, 6) is 0.137. The highest BCUT2D eigenvalue weighted by Crippen LogP contribution is 2.09. The van der Waals surface area contributed by atoms with Gasteiger partial charge in [-0.05, 0) is 12.5 Å². The third-order valence-corrected chi connectivity index (χ3v) is 2.63. The van der Waals surface area contributed by atoms with Crippen molar-refractivity contribution in [1.82, 2.24) is 9.97 Å². The van der Waals surface area contributed by atoms with Crippen LogP contribution < -0.4 is 0 Å². The van der Waals surface area contributed by atoms with Gasteiger partial charge in [0.2, 0.25) is 0 Å². The van der Waals surface area contributed by atoms with E-state index in [0.29, 0.717) is 12.1 Å². The molecule has 0 aliphatic carbocycles. The minimum atomic E-state index is 0.137. The standard InChI is InChI=1S/C13H20N2O/c1-2-3-4-5-6-7-8-13(16)12-9-10-14-11-15-12/h9-11H,2-8H2,1H3. The van der Waals surface area contributed by atoms with Gasteiger partial charge in [-0.1, -0.05) is 39.0 Å². The largest absolute Gasteiger partial charge is 0.292 e. The van der Waals surface area contributed by atoms with Crippen LogP contribution >= 0.6 is 0 Å². The van der Waals surface area contributed by atoms with E-state index in [-0.39, 0.29) is 5.78 Å². The van der Waals surface area contributed by atoms with Crippen molar-refractivity contribution in [3.05, 3.63) is 24.3 Å². The quantitative estimate of drug-likeness (QED) is 0.498. The number of hydrogen-bond acceptors (Lipinski definition) is 3. The van der Waals surface area contributed by atoms with E-state index in [1.807, 2.05) is 0 Å². The van der Waals surface area contributed by atoms with Gasteiger partial charge >= 0.3 is 0 Å². The molecule has 0 saturated carbocycles. The van der Waals surface area contributed by atoms with Crippen LogP contribution in [0.4, 0.5) is 0 Å². The third kappa shape index (κ3) is 5.01. The molecule has 88 valence electrons. The van der Waals surface area contributed by atoms with Gasteiger partial charge in [0.1, 0.15) is 12.0 Å². The van der Waals surface area contributed by atoms with Crippen LogP contribution in [0.25, 0.3) is 0 Å². The van der Waals surface area contributed by atoms with Gasteiger partial charge in [-0.15, -0.1) is 0 Å². The molecule has 3 nitrogen and oxygen atoms in total. The Hall–Kier alpha value is -1.25. The Morgan fingerprint density at radius 3 is 2.62 bits per heavy atom. The Morgan fingerprint density at radius 2 is 1.94 bits per heavy atom. The highest BCUT2D eigenvalue weighted by molar-refractivity contribution is 5.93. The van der Waals surface area contributed by atoms with Crippen molar-refractivity contribution in [3.8, 4) is 0 Å². The molecule has 0 spiro atoms. The van der Waals surface area contributed by atoms with Gasteiger partial charge in [0.25, 0.3) is 0 Å². The maximum Gasteiger partial charge on any atom is 0.181 e.